The van der Waals surface area contributed by atoms with E-state index in [1.54, 1.807) is 5.38 Å². The molecule has 4 N–H and O–H groups in total. The van der Waals surface area contributed by atoms with Crippen LogP contribution in [0.3, 0.4) is 0 Å². The summed E-state index contributed by atoms with van der Waals surface area (Å²) < 4.78 is 0.982. The molecule has 1 heterocycles. The number of nitrogens with one attached hydrogen (secondary N) is 1. The van der Waals surface area contributed by atoms with Crippen molar-refractivity contribution >= 4 is 27.3 Å². The quantitative estimate of drug-likeness (QED) is 0.636. The second-order valence-electron chi connectivity index (χ2n) is 4.35. The number of thiophene rings is 1. The van der Waals surface area contributed by atoms with Crippen molar-refractivity contribution in [1.29, 1.82) is 0 Å². The lowest BCUT2D eigenvalue weighted by Gasteiger charge is -2.28. The van der Waals surface area contributed by atoms with Crippen LogP contribution in [0.1, 0.15) is 10.4 Å². The molecule has 19 heavy (non-hydrogen) atoms. The van der Waals surface area contributed by atoms with E-state index in [-0.39, 0.29) is 0 Å². The molecule has 1 amide bonds. The Labute approximate surface area is 114 Å². The molecule has 0 saturated heterocycles. The second-order valence-corrected chi connectivity index (χ2v) is 5.27. The van der Waals surface area contributed by atoms with Crippen LogP contribution in [-0.4, -0.2) is 46.6 Å². The van der Waals surface area contributed by atoms with E-state index < -0.39 is 31.3 Å². The molecule has 1 aromatic carbocycles. The number of aliphatic hydroxyl groups excluding tert-OH is 3. The van der Waals surface area contributed by atoms with E-state index in [0.717, 1.165) is 10.1 Å². The van der Waals surface area contributed by atoms with Crippen LogP contribution < -0.4 is 5.32 Å². The number of amides is 1. The molecule has 2 aromatic rings. The monoisotopic (exact) mass is 281 g/mol. The van der Waals surface area contributed by atoms with Gasteiger partial charge < -0.3 is 20.6 Å². The third-order valence-corrected chi connectivity index (χ3v) is 3.98. The standard InChI is InChI=1S/C13H15NO4S/c15-6-13(7-16,8-17)14-12(18)10-5-19-11-4-2-1-3-9(10)11/h1-5,15-17H,6-8H2,(H,14,18). The predicted octanol–water partition coefficient (Wildman–Crippen LogP) is 0.347. The minimum atomic E-state index is -1.40. The van der Waals surface area contributed by atoms with Gasteiger partial charge in [-0.2, -0.15) is 0 Å². The third-order valence-electron chi connectivity index (χ3n) is 3.01. The minimum absolute atomic E-state index is 0.422. The number of benzene rings is 1. The van der Waals surface area contributed by atoms with E-state index in [1.807, 2.05) is 24.3 Å². The summed E-state index contributed by atoms with van der Waals surface area (Å²) in [5, 5.41) is 32.6. The molecule has 2 rings (SSSR count). The Morgan fingerprint density at radius 3 is 2.42 bits per heavy atom. The Morgan fingerprint density at radius 1 is 1.16 bits per heavy atom. The van der Waals surface area contributed by atoms with Crippen LogP contribution in [0.25, 0.3) is 10.1 Å². The van der Waals surface area contributed by atoms with Gasteiger partial charge in [-0.05, 0) is 6.07 Å². The molecule has 5 nitrogen and oxygen atoms in total. The van der Waals surface area contributed by atoms with Crippen molar-refractivity contribution < 1.29 is 20.1 Å². The van der Waals surface area contributed by atoms with Gasteiger partial charge in [0.2, 0.25) is 0 Å². The number of aliphatic hydroxyl groups is 3. The fourth-order valence-electron chi connectivity index (χ4n) is 1.73. The van der Waals surface area contributed by atoms with Crippen LogP contribution in [0.2, 0.25) is 0 Å². The van der Waals surface area contributed by atoms with Gasteiger partial charge in [-0.15, -0.1) is 11.3 Å². The Balaban J connectivity index is 2.29. The summed E-state index contributed by atoms with van der Waals surface area (Å²) in [4.78, 5) is 12.2. The zero-order valence-corrected chi connectivity index (χ0v) is 11.0. The normalized spacial score (nSPS) is 11.7. The van der Waals surface area contributed by atoms with Gasteiger partial charge in [-0.25, -0.2) is 0 Å². The number of rotatable bonds is 5. The summed E-state index contributed by atoms with van der Waals surface area (Å²) in [7, 11) is 0. The van der Waals surface area contributed by atoms with Crippen molar-refractivity contribution in [3.8, 4) is 0 Å². The summed E-state index contributed by atoms with van der Waals surface area (Å²) in [6, 6.07) is 7.47. The fourth-order valence-corrected chi connectivity index (χ4v) is 2.67. The molecule has 0 atom stereocenters. The zero-order valence-electron chi connectivity index (χ0n) is 10.2. The maximum absolute atomic E-state index is 12.2. The molecule has 1 aromatic heterocycles. The van der Waals surface area contributed by atoms with Crippen molar-refractivity contribution in [3.05, 3.63) is 35.2 Å². The number of fused-ring (bicyclic) bond motifs is 1. The van der Waals surface area contributed by atoms with Crippen LogP contribution in [-0.2, 0) is 0 Å². The topological polar surface area (TPSA) is 89.8 Å². The summed E-state index contributed by atoms with van der Waals surface area (Å²) in [6.07, 6.45) is 0. The Bertz CT molecular complexity index is 569. The van der Waals surface area contributed by atoms with E-state index in [2.05, 4.69) is 5.32 Å². The van der Waals surface area contributed by atoms with Gasteiger partial charge in [0.05, 0.1) is 25.4 Å². The molecule has 0 fully saturated rings. The van der Waals surface area contributed by atoms with Crippen LogP contribution in [0.15, 0.2) is 29.6 Å². The number of carbonyl (C=O) groups excluding carboxylic acids is 1. The summed E-state index contributed by atoms with van der Waals surface area (Å²) in [6.45, 7) is -1.60. The third kappa shape index (κ3) is 2.62. The van der Waals surface area contributed by atoms with E-state index in [4.69, 9.17) is 0 Å². The highest BCUT2D eigenvalue weighted by atomic mass is 32.1. The number of carbonyl (C=O) groups is 1. The highest BCUT2D eigenvalue weighted by molar-refractivity contribution is 7.17. The largest absolute Gasteiger partial charge is 0.394 e. The van der Waals surface area contributed by atoms with Gasteiger partial charge in [-0.1, -0.05) is 18.2 Å². The summed E-state index contributed by atoms with van der Waals surface area (Å²) in [5.74, 6) is -0.422. The molecule has 0 radical (unpaired) electrons. The van der Waals surface area contributed by atoms with Gasteiger partial charge in [0.25, 0.3) is 5.91 Å². The minimum Gasteiger partial charge on any atom is -0.394 e. The Kier molecular flexibility index (Phi) is 4.16. The highest BCUT2D eigenvalue weighted by Crippen LogP contribution is 2.25. The first-order valence-electron chi connectivity index (χ1n) is 5.77. The van der Waals surface area contributed by atoms with Crippen molar-refractivity contribution in [2.45, 2.75) is 5.54 Å². The lowest BCUT2D eigenvalue weighted by atomic mass is 10.0. The maximum Gasteiger partial charge on any atom is 0.253 e. The lowest BCUT2D eigenvalue weighted by Crippen LogP contribution is -2.57. The van der Waals surface area contributed by atoms with Gasteiger partial charge >= 0.3 is 0 Å². The zero-order chi connectivity index (χ0) is 13.9. The predicted molar refractivity (Wildman–Crippen MR) is 73.3 cm³/mol. The van der Waals surface area contributed by atoms with E-state index in [1.165, 1.54) is 11.3 Å². The molecule has 102 valence electrons. The van der Waals surface area contributed by atoms with Crippen molar-refractivity contribution in [2.75, 3.05) is 19.8 Å². The Morgan fingerprint density at radius 2 is 1.79 bits per heavy atom. The first kappa shape index (κ1) is 14.0. The summed E-state index contributed by atoms with van der Waals surface area (Å²) in [5.41, 5.74) is -0.930. The average Bonchev–Trinajstić information content (AvgIpc) is 2.89. The van der Waals surface area contributed by atoms with E-state index in [9.17, 15) is 20.1 Å². The molecule has 0 spiro atoms. The van der Waals surface area contributed by atoms with Crippen molar-refractivity contribution in [2.24, 2.45) is 0 Å². The van der Waals surface area contributed by atoms with Gasteiger partial charge in [-0.3, -0.25) is 4.79 Å². The van der Waals surface area contributed by atoms with Crippen LogP contribution in [0.5, 0.6) is 0 Å². The first-order valence-corrected chi connectivity index (χ1v) is 6.65. The second kappa shape index (κ2) is 5.66. The molecular formula is C13H15NO4S. The molecule has 0 aliphatic heterocycles. The fraction of sp³-hybridized carbons (Fsp3) is 0.308. The molecule has 0 unspecified atom stereocenters. The molecule has 0 aliphatic rings. The lowest BCUT2D eigenvalue weighted by molar-refractivity contribution is 0.0376. The van der Waals surface area contributed by atoms with Crippen LogP contribution >= 0.6 is 11.3 Å². The summed E-state index contributed by atoms with van der Waals surface area (Å²) >= 11 is 1.44. The smallest absolute Gasteiger partial charge is 0.253 e. The Hall–Kier alpha value is -1.47. The number of hydrogen-bond acceptors (Lipinski definition) is 5. The van der Waals surface area contributed by atoms with Crippen LogP contribution in [0.4, 0.5) is 0 Å². The number of hydrogen-bond donors (Lipinski definition) is 4. The van der Waals surface area contributed by atoms with E-state index in [0.29, 0.717) is 5.56 Å². The van der Waals surface area contributed by atoms with Crippen molar-refractivity contribution in [1.82, 2.24) is 5.32 Å². The molecular weight excluding hydrogens is 266 g/mol. The van der Waals surface area contributed by atoms with Gasteiger partial charge in [0.15, 0.2) is 0 Å². The molecule has 0 saturated carbocycles. The first-order chi connectivity index (χ1) is 9.15. The van der Waals surface area contributed by atoms with Crippen LogP contribution in [0, 0.1) is 0 Å². The maximum atomic E-state index is 12.2. The van der Waals surface area contributed by atoms with E-state index >= 15 is 0 Å². The van der Waals surface area contributed by atoms with Gasteiger partial charge in [0.1, 0.15) is 5.54 Å². The SMILES string of the molecule is O=C(NC(CO)(CO)CO)c1csc2ccccc12. The molecule has 0 bridgehead atoms. The molecule has 6 heteroatoms. The average molecular weight is 281 g/mol. The van der Waals surface area contributed by atoms with Gasteiger partial charge in [0, 0.05) is 15.5 Å². The highest BCUT2D eigenvalue weighted by Gasteiger charge is 2.30. The van der Waals surface area contributed by atoms with Crippen molar-refractivity contribution in [3.63, 3.8) is 0 Å². The molecule has 0 aliphatic carbocycles.